The predicted molar refractivity (Wildman–Crippen MR) is 83.1 cm³/mol. The van der Waals surface area contributed by atoms with Crippen molar-refractivity contribution in [3.63, 3.8) is 0 Å². The van der Waals surface area contributed by atoms with Crippen molar-refractivity contribution in [3.8, 4) is 0 Å². The SMILES string of the molecule is O=C(NC1CC(F)(F)C1)[C@@H](Nc1cncc(F)c1)c1ccccc1. The Hall–Kier alpha value is -2.57. The number of nitrogens with zero attached hydrogens (tertiary/aromatic N) is 1. The van der Waals surface area contributed by atoms with E-state index >= 15 is 0 Å². The fourth-order valence-corrected chi connectivity index (χ4v) is 2.65. The van der Waals surface area contributed by atoms with Crippen molar-refractivity contribution >= 4 is 11.6 Å². The maximum Gasteiger partial charge on any atom is 0.252 e. The van der Waals surface area contributed by atoms with Crippen LogP contribution in [0.3, 0.4) is 0 Å². The van der Waals surface area contributed by atoms with E-state index in [1.54, 1.807) is 30.3 Å². The summed E-state index contributed by atoms with van der Waals surface area (Å²) in [5.41, 5.74) is 0.975. The van der Waals surface area contributed by atoms with Gasteiger partial charge in [-0.05, 0) is 5.56 Å². The molecule has 0 saturated heterocycles. The minimum absolute atomic E-state index is 0.331. The van der Waals surface area contributed by atoms with Gasteiger partial charge >= 0.3 is 0 Å². The van der Waals surface area contributed by atoms with Crippen LogP contribution in [0.15, 0.2) is 48.8 Å². The van der Waals surface area contributed by atoms with Crippen molar-refractivity contribution in [2.24, 2.45) is 0 Å². The molecule has 0 bridgehead atoms. The molecule has 0 radical (unpaired) electrons. The highest BCUT2D eigenvalue weighted by Crippen LogP contribution is 2.37. The molecule has 1 fully saturated rings. The van der Waals surface area contributed by atoms with Crippen LogP contribution in [0.25, 0.3) is 0 Å². The van der Waals surface area contributed by atoms with Gasteiger partial charge in [-0.3, -0.25) is 9.78 Å². The molecule has 0 spiro atoms. The minimum atomic E-state index is -2.71. The van der Waals surface area contributed by atoms with Crippen LogP contribution in [-0.4, -0.2) is 22.9 Å². The Morgan fingerprint density at radius 3 is 2.54 bits per heavy atom. The summed E-state index contributed by atoms with van der Waals surface area (Å²) >= 11 is 0. The first-order chi connectivity index (χ1) is 11.4. The first-order valence-corrected chi connectivity index (χ1v) is 7.53. The Kier molecular flexibility index (Phi) is 4.42. The zero-order chi connectivity index (χ0) is 17.2. The van der Waals surface area contributed by atoms with Gasteiger partial charge in [0.25, 0.3) is 5.92 Å². The van der Waals surface area contributed by atoms with E-state index in [0.717, 1.165) is 6.20 Å². The van der Waals surface area contributed by atoms with Crippen LogP contribution in [0, 0.1) is 5.82 Å². The lowest BCUT2D eigenvalue weighted by atomic mass is 9.88. The van der Waals surface area contributed by atoms with Gasteiger partial charge in [0.15, 0.2) is 0 Å². The number of rotatable bonds is 5. The Bertz CT molecular complexity index is 716. The minimum Gasteiger partial charge on any atom is -0.369 e. The second-order valence-corrected chi connectivity index (χ2v) is 5.85. The van der Waals surface area contributed by atoms with E-state index in [1.807, 2.05) is 0 Å². The van der Waals surface area contributed by atoms with Gasteiger partial charge in [-0.1, -0.05) is 30.3 Å². The van der Waals surface area contributed by atoms with Crippen molar-refractivity contribution in [3.05, 3.63) is 60.2 Å². The van der Waals surface area contributed by atoms with Crippen molar-refractivity contribution in [1.29, 1.82) is 0 Å². The highest BCUT2D eigenvalue weighted by Gasteiger charge is 2.46. The lowest BCUT2D eigenvalue weighted by Gasteiger charge is -2.36. The third-order valence-corrected chi connectivity index (χ3v) is 3.85. The number of benzene rings is 1. The molecule has 2 N–H and O–H groups in total. The van der Waals surface area contributed by atoms with Crippen LogP contribution in [0.1, 0.15) is 24.4 Å². The maximum atomic E-state index is 13.3. The lowest BCUT2D eigenvalue weighted by Crippen LogP contribution is -2.52. The molecule has 7 heteroatoms. The van der Waals surface area contributed by atoms with Crippen LogP contribution >= 0.6 is 0 Å². The summed E-state index contributed by atoms with van der Waals surface area (Å²) in [6.07, 6.45) is 1.73. The number of anilines is 1. The molecule has 126 valence electrons. The van der Waals surface area contributed by atoms with Gasteiger partial charge in [-0.25, -0.2) is 13.2 Å². The molecule has 1 aromatic heterocycles. The molecular weight excluding hydrogens is 319 g/mol. The average Bonchev–Trinajstić information content (AvgIpc) is 2.51. The molecule has 3 rings (SSSR count). The second kappa shape index (κ2) is 6.51. The van der Waals surface area contributed by atoms with E-state index in [4.69, 9.17) is 0 Å². The van der Waals surface area contributed by atoms with Gasteiger partial charge in [0.1, 0.15) is 11.9 Å². The van der Waals surface area contributed by atoms with E-state index in [2.05, 4.69) is 15.6 Å². The largest absolute Gasteiger partial charge is 0.369 e. The molecular formula is C17H16F3N3O. The molecule has 1 aliphatic rings. The highest BCUT2D eigenvalue weighted by atomic mass is 19.3. The van der Waals surface area contributed by atoms with E-state index in [-0.39, 0.29) is 12.8 Å². The number of alkyl halides is 2. The van der Waals surface area contributed by atoms with Gasteiger partial charge in [0.2, 0.25) is 5.91 Å². The van der Waals surface area contributed by atoms with Crippen LogP contribution in [0.2, 0.25) is 0 Å². The number of nitrogens with one attached hydrogen (secondary N) is 2. The summed E-state index contributed by atoms with van der Waals surface area (Å²) in [5.74, 6) is -3.68. The van der Waals surface area contributed by atoms with Crippen LogP contribution in [-0.2, 0) is 4.79 Å². The summed E-state index contributed by atoms with van der Waals surface area (Å²) < 4.78 is 39.2. The molecule has 1 atom stereocenters. The lowest BCUT2D eigenvalue weighted by molar-refractivity contribution is -0.130. The fourth-order valence-electron chi connectivity index (χ4n) is 2.65. The summed E-state index contributed by atoms with van der Waals surface area (Å²) in [6, 6.07) is 8.63. The molecule has 4 nitrogen and oxygen atoms in total. The maximum absolute atomic E-state index is 13.3. The summed E-state index contributed by atoms with van der Waals surface area (Å²) in [5, 5.41) is 5.52. The average molecular weight is 335 g/mol. The van der Waals surface area contributed by atoms with Crippen molar-refractivity contribution in [1.82, 2.24) is 10.3 Å². The third kappa shape index (κ3) is 3.84. The first kappa shape index (κ1) is 16.3. The summed E-state index contributed by atoms with van der Waals surface area (Å²) in [7, 11) is 0. The number of hydrogen-bond donors (Lipinski definition) is 2. The predicted octanol–water partition coefficient (Wildman–Crippen LogP) is 3.29. The number of carbonyl (C=O) groups excluding carboxylic acids is 1. The molecule has 1 amide bonds. The number of aromatic nitrogens is 1. The Morgan fingerprint density at radius 1 is 1.21 bits per heavy atom. The second-order valence-electron chi connectivity index (χ2n) is 5.85. The van der Waals surface area contributed by atoms with E-state index in [0.29, 0.717) is 11.3 Å². The Labute approximate surface area is 137 Å². The Morgan fingerprint density at radius 2 is 1.92 bits per heavy atom. The van der Waals surface area contributed by atoms with Gasteiger partial charge in [-0.2, -0.15) is 0 Å². The van der Waals surface area contributed by atoms with Gasteiger partial charge in [0.05, 0.1) is 18.1 Å². The number of carbonyl (C=O) groups is 1. The van der Waals surface area contributed by atoms with E-state index < -0.39 is 29.7 Å². The van der Waals surface area contributed by atoms with Crippen LogP contribution < -0.4 is 10.6 Å². The molecule has 2 aromatic rings. The molecule has 1 aromatic carbocycles. The van der Waals surface area contributed by atoms with E-state index in [1.165, 1.54) is 12.3 Å². The molecule has 0 aliphatic heterocycles. The number of pyridine rings is 1. The van der Waals surface area contributed by atoms with Crippen LogP contribution in [0.5, 0.6) is 0 Å². The Balaban J connectivity index is 1.76. The number of halogens is 3. The van der Waals surface area contributed by atoms with Crippen molar-refractivity contribution in [2.75, 3.05) is 5.32 Å². The molecule has 24 heavy (non-hydrogen) atoms. The normalized spacial score (nSPS) is 17.6. The van der Waals surface area contributed by atoms with E-state index in [9.17, 15) is 18.0 Å². The monoisotopic (exact) mass is 335 g/mol. The number of amides is 1. The van der Waals surface area contributed by atoms with Gasteiger partial charge in [0, 0.05) is 24.9 Å². The molecule has 1 heterocycles. The van der Waals surface area contributed by atoms with Crippen molar-refractivity contribution in [2.45, 2.75) is 30.8 Å². The number of hydrogen-bond acceptors (Lipinski definition) is 3. The van der Waals surface area contributed by atoms with Crippen molar-refractivity contribution < 1.29 is 18.0 Å². The zero-order valence-corrected chi connectivity index (χ0v) is 12.7. The zero-order valence-electron chi connectivity index (χ0n) is 12.7. The molecule has 1 aliphatic carbocycles. The third-order valence-electron chi connectivity index (χ3n) is 3.85. The quantitative estimate of drug-likeness (QED) is 0.882. The standard InChI is InChI=1S/C17H16F3N3O/c18-12-6-13(10-21-9-12)22-15(11-4-2-1-3-5-11)16(24)23-14-7-17(19,20)8-14/h1-6,9-10,14-15,22H,7-8H2,(H,23,24)/t15-/m0/s1. The molecule has 0 unspecified atom stereocenters. The van der Waals surface area contributed by atoms with Gasteiger partial charge < -0.3 is 10.6 Å². The first-order valence-electron chi connectivity index (χ1n) is 7.53. The highest BCUT2D eigenvalue weighted by molar-refractivity contribution is 5.86. The summed E-state index contributed by atoms with van der Waals surface area (Å²) in [6.45, 7) is 0. The topological polar surface area (TPSA) is 54.0 Å². The smallest absolute Gasteiger partial charge is 0.252 e. The molecule has 1 saturated carbocycles. The van der Waals surface area contributed by atoms with Gasteiger partial charge in [-0.15, -0.1) is 0 Å². The summed E-state index contributed by atoms with van der Waals surface area (Å²) in [4.78, 5) is 16.2. The van der Waals surface area contributed by atoms with Crippen LogP contribution in [0.4, 0.5) is 18.9 Å². The fraction of sp³-hybridized carbons (Fsp3) is 0.294.